The number of hydrogen-bond donors (Lipinski definition) is 1. The highest BCUT2D eigenvalue weighted by Crippen LogP contribution is 2.37. The Morgan fingerprint density at radius 3 is 2.50 bits per heavy atom. The van der Waals surface area contributed by atoms with Crippen LogP contribution in [0.4, 0.5) is 0 Å². The van der Waals surface area contributed by atoms with E-state index in [0.29, 0.717) is 6.61 Å². The van der Waals surface area contributed by atoms with Crippen LogP contribution in [0.25, 0.3) is 0 Å². The average molecular weight is 144 g/mol. The van der Waals surface area contributed by atoms with E-state index < -0.39 is 0 Å². The van der Waals surface area contributed by atoms with E-state index in [0.717, 1.165) is 6.42 Å². The highest BCUT2D eigenvalue weighted by Gasteiger charge is 2.35. The van der Waals surface area contributed by atoms with Crippen LogP contribution in [0.1, 0.15) is 32.6 Å². The van der Waals surface area contributed by atoms with Crippen molar-refractivity contribution in [3.8, 4) is 0 Å². The van der Waals surface area contributed by atoms with Crippen molar-refractivity contribution in [1.29, 1.82) is 0 Å². The Balaban J connectivity index is 2.20. The highest BCUT2D eigenvalue weighted by atomic mass is 16.5. The summed E-state index contributed by atoms with van der Waals surface area (Å²) < 4.78 is 5.51. The van der Waals surface area contributed by atoms with Crippen molar-refractivity contribution in [3.63, 3.8) is 0 Å². The van der Waals surface area contributed by atoms with Gasteiger partial charge in [0.25, 0.3) is 0 Å². The van der Waals surface area contributed by atoms with Crippen molar-refractivity contribution in [2.75, 3.05) is 13.2 Å². The van der Waals surface area contributed by atoms with Crippen LogP contribution in [0, 0.1) is 0 Å². The van der Waals surface area contributed by atoms with Crippen LogP contribution in [0.2, 0.25) is 0 Å². The van der Waals surface area contributed by atoms with Crippen molar-refractivity contribution < 1.29 is 9.84 Å². The second-order valence-corrected chi connectivity index (χ2v) is 2.96. The molecule has 1 aliphatic rings. The lowest BCUT2D eigenvalue weighted by molar-refractivity contribution is -0.110. The quantitative estimate of drug-likeness (QED) is 0.645. The molecule has 0 aromatic carbocycles. The summed E-state index contributed by atoms with van der Waals surface area (Å²) in [4.78, 5) is 0. The third kappa shape index (κ3) is 1.50. The molecule has 10 heavy (non-hydrogen) atoms. The summed E-state index contributed by atoms with van der Waals surface area (Å²) in [5, 5.41) is 8.52. The molecule has 0 heterocycles. The van der Waals surface area contributed by atoms with Crippen LogP contribution >= 0.6 is 0 Å². The van der Waals surface area contributed by atoms with Gasteiger partial charge in [0.2, 0.25) is 0 Å². The van der Waals surface area contributed by atoms with E-state index in [4.69, 9.17) is 9.84 Å². The zero-order valence-electron chi connectivity index (χ0n) is 6.60. The smallest absolute Gasteiger partial charge is 0.0705 e. The second-order valence-electron chi connectivity index (χ2n) is 2.96. The van der Waals surface area contributed by atoms with Gasteiger partial charge in [0.05, 0.1) is 18.8 Å². The van der Waals surface area contributed by atoms with Gasteiger partial charge in [0.1, 0.15) is 0 Å². The molecule has 1 N–H and O–H groups in total. The molecule has 2 nitrogen and oxygen atoms in total. The summed E-state index contributed by atoms with van der Waals surface area (Å²) in [6, 6.07) is 0. The Labute approximate surface area is 62.2 Å². The van der Waals surface area contributed by atoms with Gasteiger partial charge in [0, 0.05) is 0 Å². The summed E-state index contributed by atoms with van der Waals surface area (Å²) in [7, 11) is 0. The van der Waals surface area contributed by atoms with Gasteiger partial charge in [-0.15, -0.1) is 0 Å². The fourth-order valence-electron chi connectivity index (χ4n) is 1.43. The molecule has 0 unspecified atom stereocenters. The first-order chi connectivity index (χ1) is 4.83. The van der Waals surface area contributed by atoms with Crippen LogP contribution in [0.5, 0.6) is 0 Å². The van der Waals surface area contributed by atoms with E-state index in [9.17, 15) is 0 Å². The normalized spacial score (nSPS) is 22.2. The molecule has 0 aromatic rings. The minimum absolute atomic E-state index is 0.155. The van der Waals surface area contributed by atoms with E-state index in [1.165, 1.54) is 19.3 Å². The van der Waals surface area contributed by atoms with E-state index in [1.807, 2.05) is 0 Å². The lowest BCUT2D eigenvalue weighted by atomic mass is 9.78. The van der Waals surface area contributed by atoms with Crippen molar-refractivity contribution in [2.45, 2.75) is 38.2 Å². The molecule has 1 aliphatic carbocycles. The molecule has 0 radical (unpaired) electrons. The monoisotopic (exact) mass is 144 g/mol. The summed E-state index contributed by atoms with van der Waals surface area (Å²) in [5.41, 5.74) is 0.155. The maximum atomic E-state index is 8.52. The fraction of sp³-hybridized carbons (Fsp3) is 1.00. The molecule has 0 saturated heterocycles. The molecule has 0 bridgehead atoms. The minimum Gasteiger partial charge on any atom is -0.394 e. The van der Waals surface area contributed by atoms with E-state index in [1.54, 1.807) is 0 Å². The SMILES string of the molecule is CCC1(OCCO)CCC1. The van der Waals surface area contributed by atoms with E-state index >= 15 is 0 Å². The molecule has 1 rings (SSSR count). The Morgan fingerprint density at radius 2 is 2.20 bits per heavy atom. The van der Waals surface area contributed by atoms with Crippen LogP contribution in [-0.2, 0) is 4.74 Å². The van der Waals surface area contributed by atoms with E-state index in [-0.39, 0.29) is 12.2 Å². The molecule has 0 amide bonds. The molecule has 1 saturated carbocycles. The summed E-state index contributed by atoms with van der Waals surface area (Å²) in [5.74, 6) is 0. The topological polar surface area (TPSA) is 29.5 Å². The molecule has 0 atom stereocenters. The zero-order valence-corrected chi connectivity index (χ0v) is 6.60. The third-order valence-corrected chi connectivity index (χ3v) is 2.41. The third-order valence-electron chi connectivity index (χ3n) is 2.41. The Bertz CT molecular complexity index is 91.9. The Morgan fingerprint density at radius 1 is 1.50 bits per heavy atom. The maximum Gasteiger partial charge on any atom is 0.0705 e. The predicted octanol–water partition coefficient (Wildman–Crippen LogP) is 1.33. The largest absolute Gasteiger partial charge is 0.394 e. The van der Waals surface area contributed by atoms with Crippen LogP contribution < -0.4 is 0 Å². The van der Waals surface area contributed by atoms with Gasteiger partial charge in [-0.1, -0.05) is 6.92 Å². The highest BCUT2D eigenvalue weighted by molar-refractivity contribution is 4.88. The first-order valence-corrected chi connectivity index (χ1v) is 4.08. The standard InChI is InChI=1S/C8H16O2/c1-2-8(4-3-5-8)10-7-6-9/h9H,2-7H2,1H3. The number of ether oxygens (including phenoxy) is 1. The van der Waals surface area contributed by atoms with Gasteiger partial charge in [0.15, 0.2) is 0 Å². The second kappa shape index (κ2) is 3.35. The number of aliphatic hydroxyl groups is 1. The van der Waals surface area contributed by atoms with Crippen LogP contribution in [0.3, 0.4) is 0 Å². The first kappa shape index (κ1) is 8.02. The van der Waals surface area contributed by atoms with Gasteiger partial charge in [-0.05, 0) is 25.7 Å². The Hall–Kier alpha value is -0.0800. The van der Waals surface area contributed by atoms with Gasteiger partial charge < -0.3 is 9.84 Å². The van der Waals surface area contributed by atoms with Crippen LogP contribution in [0.15, 0.2) is 0 Å². The van der Waals surface area contributed by atoms with Gasteiger partial charge in [-0.25, -0.2) is 0 Å². The van der Waals surface area contributed by atoms with Crippen molar-refractivity contribution in [1.82, 2.24) is 0 Å². The van der Waals surface area contributed by atoms with Gasteiger partial charge in [-0.3, -0.25) is 0 Å². The first-order valence-electron chi connectivity index (χ1n) is 4.08. The number of hydrogen-bond acceptors (Lipinski definition) is 2. The number of rotatable bonds is 4. The summed E-state index contributed by atoms with van der Waals surface area (Å²) in [6.07, 6.45) is 4.75. The lowest BCUT2D eigenvalue weighted by Crippen LogP contribution is -2.40. The minimum atomic E-state index is 0.155. The summed E-state index contributed by atoms with van der Waals surface area (Å²) in [6.45, 7) is 2.81. The average Bonchev–Trinajstić information content (AvgIpc) is 1.87. The Kier molecular flexibility index (Phi) is 2.69. The van der Waals surface area contributed by atoms with Gasteiger partial charge >= 0.3 is 0 Å². The van der Waals surface area contributed by atoms with E-state index in [2.05, 4.69) is 6.92 Å². The fourth-order valence-corrected chi connectivity index (χ4v) is 1.43. The van der Waals surface area contributed by atoms with Crippen molar-refractivity contribution in [3.05, 3.63) is 0 Å². The van der Waals surface area contributed by atoms with Crippen LogP contribution in [-0.4, -0.2) is 23.9 Å². The lowest BCUT2D eigenvalue weighted by Gasteiger charge is -2.40. The molecule has 2 heteroatoms. The molecule has 0 aromatic heterocycles. The number of aliphatic hydroxyl groups excluding tert-OH is 1. The molecule has 1 fully saturated rings. The molecule has 0 spiro atoms. The molecular formula is C8H16O2. The van der Waals surface area contributed by atoms with Crippen molar-refractivity contribution >= 4 is 0 Å². The van der Waals surface area contributed by atoms with Gasteiger partial charge in [-0.2, -0.15) is 0 Å². The zero-order chi connectivity index (χ0) is 7.45. The molecule has 0 aliphatic heterocycles. The van der Waals surface area contributed by atoms with Crippen molar-refractivity contribution in [2.24, 2.45) is 0 Å². The maximum absolute atomic E-state index is 8.52. The summed E-state index contributed by atoms with van der Waals surface area (Å²) >= 11 is 0. The predicted molar refractivity (Wildman–Crippen MR) is 39.9 cm³/mol. The molecule has 60 valence electrons. The molecular weight excluding hydrogens is 128 g/mol.